The van der Waals surface area contributed by atoms with Crippen LogP contribution in [0.3, 0.4) is 0 Å². The third-order valence-corrected chi connectivity index (χ3v) is 4.59. The smallest absolute Gasteiger partial charge is 0.285 e. The number of nitrogens with one attached hydrogen (secondary N) is 1. The van der Waals surface area contributed by atoms with Gasteiger partial charge in [0.2, 0.25) is 5.91 Å². The van der Waals surface area contributed by atoms with Crippen LogP contribution in [0.1, 0.15) is 5.56 Å². The van der Waals surface area contributed by atoms with Crippen molar-refractivity contribution in [3.05, 3.63) is 56.4 Å². The lowest BCUT2D eigenvalue weighted by molar-refractivity contribution is -0.130. The van der Waals surface area contributed by atoms with Gasteiger partial charge >= 0.3 is 0 Å². The number of aromatic amines is 1. The van der Waals surface area contributed by atoms with Gasteiger partial charge in [-0.15, -0.1) is 0 Å². The minimum absolute atomic E-state index is 0.0621. The summed E-state index contributed by atoms with van der Waals surface area (Å²) in [5.41, 5.74) is 1.09. The number of hydrogen-bond donors (Lipinski definition) is 1. The first-order valence-corrected chi connectivity index (χ1v) is 8.30. The molecule has 8 heteroatoms. The Kier molecular flexibility index (Phi) is 5.06. The van der Waals surface area contributed by atoms with Crippen LogP contribution in [-0.4, -0.2) is 47.2 Å². The Morgan fingerprint density at radius 2 is 1.96 bits per heavy atom. The predicted molar refractivity (Wildman–Crippen MR) is 93.8 cm³/mol. The van der Waals surface area contributed by atoms with Crippen molar-refractivity contribution in [3.8, 4) is 0 Å². The van der Waals surface area contributed by atoms with E-state index in [4.69, 9.17) is 23.2 Å². The average Bonchev–Trinajstić information content (AvgIpc) is 2.57. The normalized spacial score (nSPS) is 14.8. The molecule has 3 rings (SSSR count). The molecule has 1 aliphatic rings. The maximum absolute atomic E-state index is 12.4. The van der Waals surface area contributed by atoms with Gasteiger partial charge in [-0.1, -0.05) is 35.3 Å². The third-order valence-electron chi connectivity index (χ3n) is 3.99. The van der Waals surface area contributed by atoms with E-state index in [1.165, 1.54) is 6.20 Å². The zero-order valence-corrected chi connectivity index (χ0v) is 14.3. The van der Waals surface area contributed by atoms with E-state index in [1.54, 1.807) is 12.1 Å². The first-order valence-electron chi connectivity index (χ1n) is 7.55. The van der Waals surface area contributed by atoms with Gasteiger partial charge in [0.05, 0.1) is 18.3 Å². The highest BCUT2D eigenvalue weighted by molar-refractivity contribution is 6.33. The summed E-state index contributed by atoms with van der Waals surface area (Å²) in [5.74, 6) is 0.0621. The fourth-order valence-electron chi connectivity index (χ4n) is 2.72. The SMILES string of the molecule is O=C(Cc1cccc(Cl)c1)N1CCN(c2cn[nH]c(=O)c2Cl)CC1. The zero-order chi connectivity index (χ0) is 17.1. The minimum atomic E-state index is -0.409. The number of H-pyrrole nitrogens is 1. The Labute approximate surface area is 149 Å². The first kappa shape index (κ1) is 16.8. The van der Waals surface area contributed by atoms with Crippen LogP contribution >= 0.6 is 23.2 Å². The zero-order valence-electron chi connectivity index (χ0n) is 12.8. The summed E-state index contributed by atoms with van der Waals surface area (Å²) in [6.07, 6.45) is 1.86. The van der Waals surface area contributed by atoms with E-state index in [-0.39, 0.29) is 10.9 Å². The number of nitrogens with zero attached hydrogens (tertiary/aromatic N) is 3. The molecule has 1 saturated heterocycles. The van der Waals surface area contributed by atoms with Crippen molar-refractivity contribution in [3.63, 3.8) is 0 Å². The summed E-state index contributed by atoms with van der Waals surface area (Å²) in [6.45, 7) is 2.35. The molecule has 24 heavy (non-hydrogen) atoms. The standard InChI is InChI=1S/C16H16Cl2N4O2/c17-12-3-1-2-11(8-12)9-14(23)22-6-4-21(5-7-22)13-10-19-20-16(24)15(13)18/h1-3,8,10H,4-7,9H2,(H,20,24). The van der Waals surface area contributed by atoms with Gasteiger partial charge < -0.3 is 9.80 Å². The Morgan fingerprint density at radius 3 is 2.67 bits per heavy atom. The summed E-state index contributed by atoms with van der Waals surface area (Å²) >= 11 is 12.0. The van der Waals surface area contributed by atoms with Crippen molar-refractivity contribution in [2.75, 3.05) is 31.1 Å². The molecular formula is C16H16Cl2N4O2. The second-order valence-electron chi connectivity index (χ2n) is 5.57. The molecule has 0 radical (unpaired) electrons. The molecule has 0 saturated carbocycles. The lowest BCUT2D eigenvalue weighted by atomic mass is 10.1. The van der Waals surface area contributed by atoms with E-state index in [9.17, 15) is 9.59 Å². The number of hydrogen-bond acceptors (Lipinski definition) is 4. The lowest BCUT2D eigenvalue weighted by Crippen LogP contribution is -2.49. The van der Waals surface area contributed by atoms with Crippen molar-refractivity contribution >= 4 is 34.8 Å². The molecule has 1 aromatic carbocycles. The number of amides is 1. The number of piperazine rings is 1. The topological polar surface area (TPSA) is 69.3 Å². The number of carbonyl (C=O) groups is 1. The number of benzene rings is 1. The number of aromatic nitrogens is 2. The van der Waals surface area contributed by atoms with Crippen molar-refractivity contribution in [1.82, 2.24) is 15.1 Å². The third kappa shape index (κ3) is 3.71. The summed E-state index contributed by atoms with van der Waals surface area (Å²) in [5, 5.41) is 6.84. The van der Waals surface area contributed by atoms with Gasteiger partial charge in [-0.25, -0.2) is 5.10 Å². The fourth-order valence-corrected chi connectivity index (χ4v) is 3.15. The minimum Gasteiger partial charge on any atom is -0.365 e. The van der Waals surface area contributed by atoms with E-state index in [0.717, 1.165) is 5.56 Å². The molecule has 6 nitrogen and oxygen atoms in total. The first-order chi connectivity index (χ1) is 11.5. The largest absolute Gasteiger partial charge is 0.365 e. The highest BCUT2D eigenvalue weighted by Gasteiger charge is 2.23. The highest BCUT2D eigenvalue weighted by Crippen LogP contribution is 2.22. The van der Waals surface area contributed by atoms with Crippen LogP contribution in [-0.2, 0) is 11.2 Å². The van der Waals surface area contributed by atoms with Gasteiger partial charge in [0.15, 0.2) is 0 Å². The van der Waals surface area contributed by atoms with Crippen LogP contribution in [0.25, 0.3) is 0 Å². The number of rotatable bonds is 3. The maximum atomic E-state index is 12.4. The molecule has 0 atom stereocenters. The molecular weight excluding hydrogens is 351 g/mol. The Bertz CT molecular complexity index is 801. The molecule has 0 aliphatic carbocycles. The van der Waals surface area contributed by atoms with Crippen molar-refractivity contribution in [2.45, 2.75) is 6.42 Å². The number of carbonyl (C=O) groups excluding carboxylic acids is 1. The van der Waals surface area contributed by atoms with Crippen LogP contribution in [0.5, 0.6) is 0 Å². The molecule has 126 valence electrons. The van der Waals surface area contributed by atoms with E-state index in [2.05, 4.69) is 10.2 Å². The van der Waals surface area contributed by atoms with Crippen LogP contribution in [0.4, 0.5) is 5.69 Å². The molecule has 1 N–H and O–H groups in total. The van der Waals surface area contributed by atoms with Crippen molar-refractivity contribution in [2.24, 2.45) is 0 Å². The summed E-state index contributed by atoms with van der Waals surface area (Å²) in [4.78, 5) is 27.7. The molecule has 0 unspecified atom stereocenters. The Morgan fingerprint density at radius 1 is 1.21 bits per heavy atom. The second-order valence-corrected chi connectivity index (χ2v) is 6.39. The van der Waals surface area contributed by atoms with Crippen LogP contribution in [0.15, 0.2) is 35.3 Å². The van der Waals surface area contributed by atoms with E-state index in [1.807, 2.05) is 21.9 Å². The molecule has 0 spiro atoms. The fraction of sp³-hybridized carbons (Fsp3) is 0.312. The lowest BCUT2D eigenvalue weighted by Gasteiger charge is -2.36. The van der Waals surface area contributed by atoms with Crippen molar-refractivity contribution < 1.29 is 4.79 Å². The van der Waals surface area contributed by atoms with Crippen LogP contribution in [0, 0.1) is 0 Å². The summed E-state index contributed by atoms with van der Waals surface area (Å²) in [7, 11) is 0. The summed E-state index contributed by atoms with van der Waals surface area (Å²) < 4.78 is 0. The maximum Gasteiger partial charge on any atom is 0.285 e. The van der Waals surface area contributed by atoms with Gasteiger partial charge in [-0.3, -0.25) is 9.59 Å². The van der Waals surface area contributed by atoms with Gasteiger partial charge in [-0.2, -0.15) is 5.10 Å². The number of halogens is 2. The predicted octanol–water partition coefficient (Wildman–Crippen LogP) is 1.97. The van der Waals surface area contributed by atoms with Gasteiger partial charge in [0.25, 0.3) is 5.56 Å². The van der Waals surface area contributed by atoms with E-state index < -0.39 is 5.56 Å². The molecule has 2 heterocycles. The van der Waals surface area contributed by atoms with Gasteiger partial charge in [0, 0.05) is 31.2 Å². The van der Waals surface area contributed by atoms with Crippen LogP contribution < -0.4 is 10.5 Å². The molecule has 1 aliphatic heterocycles. The van der Waals surface area contributed by atoms with Gasteiger partial charge in [0.1, 0.15) is 5.02 Å². The van der Waals surface area contributed by atoms with Gasteiger partial charge in [-0.05, 0) is 17.7 Å². The van der Waals surface area contributed by atoms with E-state index >= 15 is 0 Å². The Hall–Kier alpha value is -2.05. The average molecular weight is 367 g/mol. The second kappa shape index (κ2) is 7.23. The molecule has 0 bridgehead atoms. The summed E-state index contributed by atoms with van der Waals surface area (Å²) in [6, 6.07) is 7.32. The van der Waals surface area contributed by atoms with E-state index in [0.29, 0.717) is 43.3 Å². The molecule has 1 aromatic heterocycles. The quantitative estimate of drug-likeness (QED) is 0.901. The Balaban J connectivity index is 1.61. The number of anilines is 1. The highest BCUT2D eigenvalue weighted by atomic mass is 35.5. The molecule has 1 fully saturated rings. The molecule has 1 amide bonds. The monoisotopic (exact) mass is 366 g/mol. The molecule has 2 aromatic rings. The van der Waals surface area contributed by atoms with Crippen molar-refractivity contribution in [1.29, 1.82) is 0 Å². The van der Waals surface area contributed by atoms with Crippen LogP contribution in [0.2, 0.25) is 10.0 Å².